The molecule has 0 aliphatic carbocycles. The fraction of sp³-hybridized carbons (Fsp3) is 0.429. The Bertz CT molecular complexity index is 324. The van der Waals surface area contributed by atoms with Crippen LogP contribution in [-0.2, 0) is 6.54 Å². The molecule has 2 rings (SSSR count). The first kappa shape index (κ1) is 10.4. The van der Waals surface area contributed by atoms with Crippen molar-refractivity contribution in [1.29, 1.82) is 0 Å². The van der Waals surface area contributed by atoms with E-state index in [2.05, 4.69) is 35.7 Å². The van der Waals surface area contributed by atoms with Crippen molar-refractivity contribution >= 4 is 6.08 Å². The molecule has 1 heterocycles. The zero-order valence-corrected chi connectivity index (χ0v) is 9.28. The number of piperidine rings is 1. The smallest absolute Gasteiger partial charge is 0.0239 e. The van der Waals surface area contributed by atoms with Crippen LogP contribution in [0.25, 0.3) is 6.08 Å². The Hall–Kier alpha value is -1.08. The van der Waals surface area contributed by atoms with E-state index in [9.17, 15) is 0 Å². The summed E-state index contributed by atoms with van der Waals surface area (Å²) in [7, 11) is 0. The molecule has 15 heavy (non-hydrogen) atoms. The van der Waals surface area contributed by atoms with Crippen molar-refractivity contribution in [3.63, 3.8) is 0 Å². The first-order chi connectivity index (χ1) is 7.40. The molecule has 1 nitrogen and oxygen atoms in total. The number of rotatable bonds is 3. The predicted molar refractivity (Wildman–Crippen MR) is 65.7 cm³/mol. The van der Waals surface area contributed by atoms with Crippen molar-refractivity contribution < 1.29 is 0 Å². The average molecular weight is 201 g/mol. The largest absolute Gasteiger partial charge is 0.299 e. The maximum atomic E-state index is 3.87. The monoisotopic (exact) mass is 201 g/mol. The van der Waals surface area contributed by atoms with E-state index in [0.29, 0.717) is 0 Å². The number of likely N-dealkylation sites (tertiary alicyclic amines) is 1. The fourth-order valence-corrected chi connectivity index (χ4v) is 2.24. The number of hydrogen-bond donors (Lipinski definition) is 0. The van der Waals surface area contributed by atoms with Gasteiger partial charge in [-0.15, -0.1) is 0 Å². The molecule has 1 aliphatic rings. The van der Waals surface area contributed by atoms with Gasteiger partial charge in [0.2, 0.25) is 0 Å². The van der Waals surface area contributed by atoms with E-state index in [1.807, 2.05) is 6.08 Å². The summed E-state index contributed by atoms with van der Waals surface area (Å²) in [6.45, 7) is 7.46. The van der Waals surface area contributed by atoms with E-state index in [-0.39, 0.29) is 0 Å². The lowest BCUT2D eigenvalue weighted by atomic mass is 10.1. The van der Waals surface area contributed by atoms with E-state index < -0.39 is 0 Å². The molecule has 0 spiro atoms. The minimum Gasteiger partial charge on any atom is -0.299 e. The van der Waals surface area contributed by atoms with Gasteiger partial charge in [-0.05, 0) is 37.1 Å². The molecule has 1 fully saturated rings. The molecule has 1 heteroatoms. The molecule has 1 saturated heterocycles. The van der Waals surface area contributed by atoms with Crippen LogP contribution in [0.15, 0.2) is 30.8 Å². The topological polar surface area (TPSA) is 3.24 Å². The van der Waals surface area contributed by atoms with Crippen molar-refractivity contribution in [2.24, 2.45) is 0 Å². The van der Waals surface area contributed by atoms with Gasteiger partial charge in [0.15, 0.2) is 0 Å². The van der Waals surface area contributed by atoms with Crippen LogP contribution in [-0.4, -0.2) is 18.0 Å². The van der Waals surface area contributed by atoms with E-state index >= 15 is 0 Å². The Morgan fingerprint density at radius 3 is 2.60 bits per heavy atom. The number of hydrogen-bond acceptors (Lipinski definition) is 1. The van der Waals surface area contributed by atoms with Gasteiger partial charge in [0.1, 0.15) is 0 Å². The lowest BCUT2D eigenvalue weighted by Crippen LogP contribution is -2.29. The van der Waals surface area contributed by atoms with Crippen LogP contribution in [0, 0.1) is 0 Å². The number of benzene rings is 1. The van der Waals surface area contributed by atoms with Crippen LogP contribution in [0.2, 0.25) is 0 Å². The standard InChI is InChI=1S/C14H19N/c1-2-13-8-4-5-9-14(13)12-15-10-6-3-7-11-15/h2,4-5,8-9H,1,3,6-7,10-12H2. The summed E-state index contributed by atoms with van der Waals surface area (Å²) in [4.78, 5) is 2.55. The zero-order chi connectivity index (χ0) is 10.5. The molecule has 1 aliphatic heterocycles. The Labute approximate surface area is 92.4 Å². The van der Waals surface area contributed by atoms with Gasteiger partial charge in [-0.3, -0.25) is 4.90 Å². The third kappa shape index (κ3) is 2.69. The van der Waals surface area contributed by atoms with Crippen LogP contribution in [0.3, 0.4) is 0 Å². The van der Waals surface area contributed by atoms with E-state index in [1.54, 1.807) is 0 Å². The molecule has 0 N–H and O–H groups in total. The number of nitrogens with zero attached hydrogens (tertiary/aromatic N) is 1. The van der Waals surface area contributed by atoms with Crippen LogP contribution in [0.5, 0.6) is 0 Å². The maximum absolute atomic E-state index is 3.87. The van der Waals surface area contributed by atoms with Crippen molar-refractivity contribution in [1.82, 2.24) is 4.90 Å². The molecule has 0 amide bonds. The summed E-state index contributed by atoms with van der Waals surface area (Å²) in [5, 5.41) is 0. The van der Waals surface area contributed by atoms with E-state index in [0.717, 1.165) is 6.54 Å². The van der Waals surface area contributed by atoms with Gasteiger partial charge in [-0.2, -0.15) is 0 Å². The lowest BCUT2D eigenvalue weighted by molar-refractivity contribution is 0.221. The molecule has 0 aromatic heterocycles. The molecule has 0 unspecified atom stereocenters. The first-order valence-electron chi connectivity index (χ1n) is 5.83. The predicted octanol–water partition coefficient (Wildman–Crippen LogP) is 3.32. The minimum absolute atomic E-state index is 1.09. The summed E-state index contributed by atoms with van der Waals surface area (Å²) in [6, 6.07) is 8.56. The van der Waals surface area contributed by atoms with Gasteiger partial charge in [-0.1, -0.05) is 43.3 Å². The van der Waals surface area contributed by atoms with Crippen molar-refractivity contribution in [3.8, 4) is 0 Å². The molecule has 0 radical (unpaired) electrons. The zero-order valence-electron chi connectivity index (χ0n) is 9.28. The SMILES string of the molecule is C=Cc1ccccc1CN1CCCCC1. The minimum atomic E-state index is 1.09. The van der Waals surface area contributed by atoms with E-state index in [1.165, 1.54) is 43.5 Å². The molecular weight excluding hydrogens is 182 g/mol. The summed E-state index contributed by atoms with van der Waals surface area (Å²) in [5.41, 5.74) is 2.69. The highest BCUT2D eigenvalue weighted by atomic mass is 15.1. The van der Waals surface area contributed by atoms with Gasteiger partial charge in [0.25, 0.3) is 0 Å². The maximum Gasteiger partial charge on any atom is 0.0239 e. The summed E-state index contributed by atoms with van der Waals surface area (Å²) >= 11 is 0. The summed E-state index contributed by atoms with van der Waals surface area (Å²) in [5.74, 6) is 0. The normalized spacial score (nSPS) is 17.6. The molecule has 1 aromatic rings. The Kier molecular flexibility index (Phi) is 3.57. The van der Waals surface area contributed by atoms with Gasteiger partial charge in [0.05, 0.1) is 0 Å². The molecule has 0 bridgehead atoms. The fourth-order valence-electron chi connectivity index (χ4n) is 2.24. The molecule has 0 saturated carbocycles. The highest BCUT2D eigenvalue weighted by molar-refractivity contribution is 5.51. The highest BCUT2D eigenvalue weighted by Gasteiger charge is 2.11. The summed E-state index contributed by atoms with van der Waals surface area (Å²) < 4.78 is 0. The van der Waals surface area contributed by atoms with Crippen molar-refractivity contribution in [2.75, 3.05) is 13.1 Å². The third-order valence-electron chi connectivity index (χ3n) is 3.12. The second-order valence-corrected chi connectivity index (χ2v) is 4.24. The van der Waals surface area contributed by atoms with Gasteiger partial charge < -0.3 is 0 Å². The first-order valence-corrected chi connectivity index (χ1v) is 5.83. The van der Waals surface area contributed by atoms with Crippen LogP contribution >= 0.6 is 0 Å². The van der Waals surface area contributed by atoms with E-state index in [4.69, 9.17) is 0 Å². The third-order valence-corrected chi connectivity index (χ3v) is 3.12. The van der Waals surface area contributed by atoms with Crippen molar-refractivity contribution in [3.05, 3.63) is 42.0 Å². The Balaban J connectivity index is 2.05. The van der Waals surface area contributed by atoms with Gasteiger partial charge >= 0.3 is 0 Å². The molecule has 1 aromatic carbocycles. The second-order valence-electron chi connectivity index (χ2n) is 4.24. The molecule has 80 valence electrons. The van der Waals surface area contributed by atoms with Gasteiger partial charge in [-0.25, -0.2) is 0 Å². The molecular formula is C14H19N. The molecule has 0 atom stereocenters. The average Bonchev–Trinajstić information content (AvgIpc) is 2.31. The van der Waals surface area contributed by atoms with Crippen LogP contribution in [0.1, 0.15) is 30.4 Å². The highest BCUT2D eigenvalue weighted by Crippen LogP contribution is 2.16. The Morgan fingerprint density at radius 2 is 1.87 bits per heavy atom. The van der Waals surface area contributed by atoms with Gasteiger partial charge in [0, 0.05) is 6.54 Å². The lowest BCUT2D eigenvalue weighted by Gasteiger charge is -2.27. The quantitative estimate of drug-likeness (QED) is 0.725. The van der Waals surface area contributed by atoms with Crippen molar-refractivity contribution in [2.45, 2.75) is 25.8 Å². The summed E-state index contributed by atoms with van der Waals surface area (Å²) in [6.07, 6.45) is 6.07. The second kappa shape index (κ2) is 5.13. The van der Waals surface area contributed by atoms with Crippen LogP contribution < -0.4 is 0 Å². The van der Waals surface area contributed by atoms with Crippen LogP contribution in [0.4, 0.5) is 0 Å². The Morgan fingerprint density at radius 1 is 1.13 bits per heavy atom.